The molecule has 0 atom stereocenters. The molecule has 0 aliphatic rings. The highest BCUT2D eigenvalue weighted by Crippen LogP contribution is 2.20. The van der Waals surface area contributed by atoms with Gasteiger partial charge in [-0.05, 0) is 31.0 Å². The molecule has 0 saturated carbocycles. The van der Waals surface area contributed by atoms with Crippen LogP contribution < -0.4 is 5.32 Å². The number of rotatable bonds is 6. The first-order valence-electron chi connectivity index (χ1n) is 5.74. The Bertz CT molecular complexity index is 297. The SMILES string of the molecule is CCCCCCNc1ccc(C)c(Br)c1. The van der Waals surface area contributed by atoms with Crippen LogP contribution in [0.4, 0.5) is 5.69 Å². The average Bonchev–Trinajstić information content (AvgIpc) is 2.23. The minimum absolute atomic E-state index is 1.08. The summed E-state index contributed by atoms with van der Waals surface area (Å²) in [4.78, 5) is 0. The van der Waals surface area contributed by atoms with E-state index in [1.54, 1.807) is 0 Å². The van der Waals surface area contributed by atoms with Gasteiger partial charge in [0.05, 0.1) is 0 Å². The van der Waals surface area contributed by atoms with Crippen LogP contribution in [0, 0.1) is 6.92 Å². The van der Waals surface area contributed by atoms with Gasteiger partial charge in [-0.25, -0.2) is 0 Å². The van der Waals surface area contributed by atoms with Gasteiger partial charge >= 0.3 is 0 Å². The fraction of sp³-hybridized carbons (Fsp3) is 0.538. The predicted octanol–water partition coefficient (Wildman–Crippen LogP) is 4.75. The van der Waals surface area contributed by atoms with E-state index >= 15 is 0 Å². The fourth-order valence-electron chi connectivity index (χ4n) is 1.49. The molecule has 1 nitrogen and oxygen atoms in total. The molecular formula is C13H20BrN. The number of halogens is 1. The quantitative estimate of drug-likeness (QED) is 0.735. The Morgan fingerprint density at radius 2 is 2.00 bits per heavy atom. The summed E-state index contributed by atoms with van der Waals surface area (Å²) in [6.07, 6.45) is 5.24. The molecule has 15 heavy (non-hydrogen) atoms. The maximum Gasteiger partial charge on any atom is 0.0351 e. The van der Waals surface area contributed by atoms with E-state index in [1.807, 2.05) is 0 Å². The van der Waals surface area contributed by atoms with E-state index in [4.69, 9.17) is 0 Å². The van der Waals surface area contributed by atoms with Gasteiger partial charge < -0.3 is 5.32 Å². The molecule has 1 aromatic rings. The van der Waals surface area contributed by atoms with Crippen LogP contribution in [0.3, 0.4) is 0 Å². The molecule has 1 rings (SSSR count). The van der Waals surface area contributed by atoms with E-state index in [0.29, 0.717) is 0 Å². The third kappa shape index (κ3) is 4.70. The summed E-state index contributed by atoms with van der Waals surface area (Å²) < 4.78 is 1.18. The van der Waals surface area contributed by atoms with E-state index in [1.165, 1.54) is 41.4 Å². The summed E-state index contributed by atoms with van der Waals surface area (Å²) in [5, 5.41) is 3.44. The van der Waals surface area contributed by atoms with Crippen LogP contribution in [0.25, 0.3) is 0 Å². The Labute approximate surface area is 101 Å². The topological polar surface area (TPSA) is 12.0 Å². The lowest BCUT2D eigenvalue weighted by Gasteiger charge is -2.07. The second-order valence-electron chi connectivity index (χ2n) is 3.95. The third-order valence-corrected chi connectivity index (χ3v) is 3.39. The lowest BCUT2D eigenvalue weighted by Crippen LogP contribution is -2.01. The van der Waals surface area contributed by atoms with Crippen LogP contribution in [0.5, 0.6) is 0 Å². The van der Waals surface area contributed by atoms with Crippen LogP contribution in [0.2, 0.25) is 0 Å². The fourth-order valence-corrected chi connectivity index (χ4v) is 1.87. The molecule has 2 heteroatoms. The van der Waals surface area contributed by atoms with Crippen molar-refractivity contribution in [3.63, 3.8) is 0 Å². The zero-order chi connectivity index (χ0) is 11.1. The first kappa shape index (κ1) is 12.6. The Kier molecular flexibility index (Phi) is 5.77. The number of nitrogens with one attached hydrogen (secondary N) is 1. The molecule has 0 aliphatic carbocycles. The number of aryl methyl sites for hydroxylation is 1. The van der Waals surface area contributed by atoms with Gasteiger partial charge in [0.25, 0.3) is 0 Å². The molecule has 0 saturated heterocycles. The van der Waals surface area contributed by atoms with Crippen LogP contribution in [-0.4, -0.2) is 6.54 Å². The maximum atomic E-state index is 3.54. The van der Waals surface area contributed by atoms with Crippen molar-refractivity contribution in [2.24, 2.45) is 0 Å². The van der Waals surface area contributed by atoms with Gasteiger partial charge in [-0.3, -0.25) is 0 Å². The highest BCUT2D eigenvalue weighted by atomic mass is 79.9. The number of anilines is 1. The predicted molar refractivity (Wildman–Crippen MR) is 71.5 cm³/mol. The van der Waals surface area contributed by atoms with Gasteiger partial charge in [-0.2, -0.15) is 0 Å². The molecule has 0 amide bonds. The number of unbranched alkanes of at least 4 members (excludes halogenated alkanes) is 3. The zero-order valence-electron chi connectivity index (χ0n) is 9.65. The van der Waals surface area contributed by atoms with Crippen molar-refractivity contribution in [1.82, 2.24) is 0 Å². The average molecular weight is 270 g/mol. The standard InChI is InChI=1S/C13H20BrN/c1-3-4-5-6-9-15-12-8-7-11(2)13(14)10-12/h7-8,10,15H,3-6,9H2,1-2H3. The maximum absolute atomic E-state index is 3.54. The second kappa shape index (κ2) is 6.89. The summed E-state index contributed by atoms with van der Waals surface area (Å²) in [6, 6.07) is 6.42. The van der Waals surface area contributed by atoms with Gasteiger partial charge in [0.1, 0.15) is 0 Å². The number of hydrogen-bond acceptors (Lipinski definition) is 1. The minimum atomic E-state index is 1.08. The zero-order valence-corrected chi connectivity index (χ0v) is 11.2. The second-order valence-corrected chi connectivity index (χ2v) is 4.81. The van der Waals surface area contributed by atoms with E-state index in [-0.39, 0.29) is 0 Å². The molecule has 1 aromatic carbocycles. The molecule has 0 bridgehead atoms. The van der Waals surface area contributed by atoms with E-state index in [2.05, 4.69) is 53.3 Å². The Balaban J connectivity index is 2.28. The summed E-state index contributed by atoms with van der Waals surface area (Å²) >= 11 is 3.54. The summed E-state index contributed by atoms with van der Waals surface area (Å²) in [5.74, 6) is 0. The molecule has 0 unspecified atom stereocenters. The van der Waals surface area contributed by atoms with Gasteiger partial charge in [-0.1, -0.05) is 48.2 Å². The van der Waals surface area contributed by atoms with Crippen LogP contribution in [0.1, 0.15) is 38.2 Å². The molecule has 0 heterocycles. The first-order valence-corrected chi connectivity index (χ1v) is 6.53. The van der Waals surface area contributed by atoms with Gasteiger partial charge in [0.2, 0.25) is 0 Å². The highest BCUT2D eigenvalue weighted by Gasteiger charge is 1.96. The van der Waals surface area contributed by atoms with Crippen LogP contribution in [-0.2, 0) is 0 Å². The molecule has 0 radical (unpaired) electrons. The van der Waals surface area contributed by atoms with Crippen molar-refractivity contribution in [3.8, 4) is 0 Å². The largest absolute Gasteiger partial charge is 0.385 e. The molecule has 0 aliphatic heterocycles. The lowest BCUT2D eigenvalue weighted by molar-refractivity contribution is 0.685. The molecule has 0 spiro atoms. The first-order chi connectivity index (χ1) is 7.24. The summed E-state index contributed by atoms with van der Waals surface area (Å²) in [7, 11) is 0. The van der Waals surface area contributed by atoms with Crippen molar-refractivity contribution in [2.75, 3.05) is 11.9 Å². The minimum Gasteiger partial charge on any atom is -0.385 e. The van der Waals surface area contributed by atoms with Crippen LogP contribution in [0.15, 0.2) is 22.7 Å². The van der Waals surface area contributed by atoms with E-state index < -0.39 is 0 Å². The summed E-state index contributed by atoms with van der Waals surface area (Å²) in [6.45, 7) is 5.43. The summed E-state index contributed by atoms with van der Waals surface area (Å²) in [5.41, 5.74) is 2.50. The van der Waals surface area contributed by atoms with Gasteiger partial charge in [0.15, 0.2) is 0 Å². The van der Waals surface area contributed by atoms with Gasteiger partial charge in [-0.15, -0.1) is 0 Å². The van der Waals surface area contributed by atoms with Crippen molar-refractivity contribution < 1.29 is 0 Å². The Hall–Kier alpha value is -0.500. The lowest BCUT2D eigenvalue weighted by atomic mass is 10.2. The number of benzene rings is 1. The smallest absolute Gasteiger partial charge is 0.0351 e. The molecule has 0 fully saturated rings. The molecule has 0 aromatic heterocycles. The molecule has 1 N–H and O–H groups in total. The Morgan fingerprint density at radius 1 is 1.20 bits per heavy atom. The van der Waals surface area contributed by atoms with Gasteiger partial charge in [0, 0.05) is 16.7 Å². The number of hydrogen-bond donors (Lipinski definition) is 1. The van der Waals surface area contributed by atoms with E-state index in [9.17, 15) is 0 Å². The van der Waals surface area contributed by atoms with E-state index in [0.717, 1.165) is 6.54 Å². The monoisotopic (exact) mass is 269 g/mol. The molecular weight excluding hydrogens is 250 g/mol. The van der Waals surface area contributed by atoms with Crippen molar-refractivity contribution in [2.45, 2.75) is 39.5 Å². The van der Waals surface area contributed by atoms with Crippen molar-refractivity contribution in [3.05, 3.63) is 28.2 Å². The normalized spacial score (nSPS) is 10.3. The van der Waals surface area contributed by atoms with Crippen molar-refractivity contribution >= 4 is 21.6 Å². The Morgan fingerprint density at radius 3 is 2.67 bits per heavy atom. The highest BCUT2D eigenvalue weighted by molar-refractivity contribution is 9.10. The van der Waals surface area contributed by atoms with Crippen molar-refractivity contribution in [1.29, 1.82) is 0 Å². The molecule has 84 valence electrons. The van der Waals surface area contributed by atoms with Crippen LogP contribution >= 0.6 is 15.9 Å². The third-order valence-electron chi connectivity index (χ3n) is 2.53.